The summed E-state index contributed by atoms with van der Waals surface area (Å²) in [6, 6.07) is 7.07. The fourth-order valence-electron chi connectivity index (χ4n) is 2.46. The van der Waals surface area contributed by atoms with E-state index in [1.165, 1.54) is 12.1 Å². The summed E-state index contributed by atoms with van der Waals surface area (Å²) in [5, 5.41) is 21.1. The number of azo groups is 1. The molecule has 0 saturated carbocycles. The first-order valence-electron chi connectivity index (χ1n) is 8.09. The van der Waals surface area contributed by atoms with Gasteiger partial charge in [0.15, 0.2) is 5.71 Å². The third-order valence-electron chi connectivity index (χ3n) is 3.93. The molecule has 1 heterocycles. The molecule has 0 spiro atoms. The van der Waals surface area contributed by atoms with E-state index >= 15 is 0 Å². The summed E-state index contributed by atoms with van der Waals surface area (Å²) in [6.45, 7) is 0. The van der Waals surface area contributed by atoms with E-state index in [4.69, 9.17) is 9.11 Å². The number of carboxylic acids is 1. The number of carbonyl (C=O) groups is 2. The van der Waals surface area contributed by atoms with Gasteiger partial charge in [-0.3, -0.25) is 13.9 Å². The molecule has 0 aliphatic carbocycles. The van der Waals surface area contributed by atoms with Gasteiger partial charge >= 0.3 is 5.97 Å². The quantitative estimate of drug-likeness (QED) is 0.410. The highest BCUT2D eigenvalue weighted by molar-refractivity contribution is 7.86. The molecule has 2 aromatic rings. The molecule has 0 bridgehead atoms. The van der Waals surface area contributed by atoms with Crippen LogP contribution in [0.5, 0.6) is 0 Å². The van der Waals surface area contributed by atoms with Crippen LogP contribution in [0.2, 0.25) is 0 Å². The number of hydrazone groups is 1. The molecule has 1 aliphatic rings. The second kappa shape index (κ2) is 7.95. The Morgan fingerprint density at radius 2 is 1.39 bits per heavy atom. The zero-order chi connectivity index (χ0) is 23.0. The van der Waals surface area contributed by atoms with Crippen LogP contribution in [-0.2, 0) is 29.8 Å². The zero-order valence-electron chi connectivity index (χ0n) is 15.1. The monoisotopic (exact) mass is 468 g/mol. The smallest absolute Gasteiger partial charge is 0.355 e. The molecule has 0 unspecified atom stereocenters. The van der Waals surface area contributed by atoms with Gasteiger partial charge in [0.2, 0.25) is 6.04 Å². The number of hydrogen-bond acceptors (Lipinski definition) is 9. The van der Waals surface area contributed by atoms with Crippen LogP contribution in [0.15, 0.2) is 73.7 Å². The van der Waals surface area contributed by atoms with Gasteiger partial charge in [-0.25, -0.2) is 4.79 Å². The Balaban J connectivity index is 1.88. The third kappa shape index (κ3) is 4.80. The molecule has 15 heteroatoms. The molecule has 0 saturated heterocycles. The highest BCUT2D eigenvalue weighted by Crippen LogP contribution is 2.25. The van der Waals surface area contributed by atoms with Crippen molar-refractivity contribution in [2.24, 2.45) is 15.3 Å². The van der Waals surface area contributed by atoms with Crippen LogP contribution in [0.4, 0.5) is 11.4 Å². The summed E-state index contributed by atoms with van der Waals surface area (Å²) in [5.41, 5.74) is -0.561. The standard InChI is InChI=1S/C16H12N4O9S2/c21-15-13(18-17-9-1-5-11(6-2-9)30(24,25)26)14(16(22)23)19-20(15)10-3-7-12(8-4-10)31(27,28)29/h1-8,13H,(H,22,23)(H,24,25,26)(H,27,28,29)/t13-/m1/s1. The minimum Gasteiger partial charge on any atom is -0.477 e. The van der Waals surface area contributed by atoms with E-state index in [0.717, 1.165) is 36.4 Å². The molecule has 0 aromatic heterocycles. The van der Waals surface area contributed by atoms with Crippen LogP contribution in [0.3, 0.4) is 0 Å². The van der Waals surface area contributed by atoms with Crippen molar-refractivity contribution in [2.75, 3.05) is 5.01 Å². The van der Waals surface area contributed by atoms with E-state index in [9.17, 15) is 31.5 Å². The summed E-state index contributed by atoms with van der Waals surface area (Å²) in [6.07, 6.45) is 0. The fourth-order valence-corrected chi connectivity index (χ4v) is 3.42. The van der Waals surface area contributed by atoms with Gasteiger partial charge in [-0.15, -0.1) is 0 Å². The average Bonchev–Trinajstić information content (AvgIpc) is 3.02. The first-order chi connectivity index (χ1) is 14.4. The van der Waals surface area contributed by atoms with Crippen molar-refractivity contribution in [2.45, 2.75) is 15.8 Å². The van der Waals surface area contributed by atoms with Crippen LogP contribution in [-0.4, -0.2) is 54.7 Å². The van der Waals surface area contributed by atoms with Crippen LogP contribution in [0.1, 0.15) is 0 Å². The molecule has 31 heavy (non-hydrogen) atoms. The second-order valence-electron chi connectivity index (χ2n) is 6.00. The van der Waals surface area contributed by atoms with Crippen molar-refractivity contribution in [3.63, 3.8) is 0 Å². The normalized spacial score (nSPS) is 17.2. The highest BCUT2D eigenvalue weighted by atomic mass is 32.2. The lowest BCUT2D eigenvalue weighted by Crippen LogP contribution is -2.33. The Labute approximate surface area is 174 Å². The minimum atomic E-state index is -4.46. The molecule has 13 nitrogen and oxygen atoms in total. The molecule has 3 N–H and O–H groups in total. The number of nitrogens with zero attached hydrogens (tertiary/aromatic N) is 4. The minimum absolute atomic E-state index is 0.0198. The summed E-state index contributed by atoms with van der Waals surface area (Å²) >= 11 is 0. The number of benzene rings is 2. The van der Waals surface area contributed by atoms with Gasteiger partial charge in [0.25, 0.3) is 26.1 Å². The number of amides is 1. The van der Waals surface area contributed by atoms with E-state index in [1.807, 2.05) is 0 Å². The second-order valence-corrected chi connectivity index (χ2v) is 8.84. The predicted octanol–water partition coefficient (Wildman–Crippen LogP) is 1.12. The largest absolute Gasteiger partial charge is 0.477 e. The lowest BCUT2D eigenvalue weighted by Gasteiger charge is -2.12. The Morgan fingerprint density at radius 3 is 1.84 bits per heavy atom. The average molecular weight is 468 g/mol. The number of rotatable bonds is 6. The molecular formula is C16H12N4O9S2. The van der Waals surface area contributed by atoms with Gasteiger partial charge in [-0.2, -0.15) is 37.2 Å². The SMILES string of the molecule is O=C(O)C1=NN(c2ccc(S(=O)(=O)O)cc2)C(=O)[C@@H]1N=Nc1ccc(S(=O)(=O)O)cc1. The van der Waals surface area contributed by atoms with Gasteiger partial charge in [0.1, 0.15) is 0 Å². The molecule has 1 aliphatic heterocycles. The Bertz CT molecular complexity index is 1320. The van der Waals surface area contributed by atoms with Crippen molar-refractivity contribution in [1.82, 2.24) is 0 Å². The molecule has 162 valence electrons. The van der Waals surface area contributed by atoms with Crippen LogP contribution < -0.4 is 5.01 Å². The van der Waals surface area contributed by atoms with Gasteiger partial charge in [0.05, 0.1) is 21.2 Å². The van der Waals surface area contributed by atoms with Crippen molar-refractivity contribution in [1.29, 1.82) is 0 Å². The number of carboxylic acid groups (broad SMARTS) is 1. The van der Waals surface area contributed by atoms with E-state index in [-0.39, 0.29) is 11.4 Å². The summed E-state index contributed by atoms with van der Waals surface area (Å²) in [4.78, 5) is 23.3. The van der Waals surface area contributed by atoms with Crippen molar-refractivity contribution in [3.05, 3.63) is 48.5 Å². The van der Waals surface area contributed by atoms with Gasteiger partial charge in [-0.05, 0) is 48.5 Å². The van der Waals surface area contributed by atoms with Crippen LogP contribution in [0, 0.1) is 0 Å². The number of anilines is 1. The number of hydrogen-bond donors (Lipinski definition) is 3. The Kier molecular flexibility index (Phi) is 5.68. The van der Waals surface area contributed by atoms with Crippen molar-refractivity contribution >= 4 is 49.2 Å². The topological polar surface area (TPSA) is 203 Å². The molecule has 2 aromatic carbocycles. The first-order valence-corrected chi connectivity index (χ1v) is 11.0. The zero-order valence-corrected chi connectivity index (χ0v) is 16.7. The van der Waals surface area contributed by atoms with Gasteiger partial charge in [0, 0.05) is 0 Å². The van der Waals surface area contributed by atoms with E-state index in [0.29, 0.717) is 5.01 Å². The Morgan fingerprint density at radius 1 is 0.903 bits per heavy atom. The molecule has 3 rings (SSSR count). The Hall–Kier alpha value is -3.53. The summed E-state index contributed by atoms with van der Waals surface area (Å²) in [7, 11) is -8.88. The molecule has 1 amide bonds. The first kappa shape index (κ1) is 22.2. The van der Waals surface area contributed by atoms with Crippen molar-refractivity contribution in [3.8, 4) is 0 Å². The fraction of sp³-hybridized carbons (Fsp3) is 0.0625. The number of carbonyl (C=O) groups excluding carboxylic acids is 1. The van der Waals surface area contributed by atoms with Crippen LogP contribution in [0.25, 0.3) is 0 Å². The van der Waals surface area contributed by atoms with E-state index in [1.54, 1.807) is 0 Å². The molecule has 0 radical (unpaired) electrons. The van der Waals surface area contributed by atoms with E-state index in [2.05, 4.69) is 15.3 Å². The molecule has 1 atom stereocenters. The highest BCUT2D eigenvalue weighted by Gasteiger charge is 2.41. The predicted molar refractivity (Wildman–Crippen MR) is 103 cm³/mol. The molecule has 0 fully saturated rings. The summed E-state index contributed by atoms with van der Waals surface area (Å²) in [5.74, 6) is -2.44. The maximum Gasteiger partial charge on any atom is 0.355 e. The maximum atomic E-state index is 12.6. The number of aliphatic carboxylic acids is 1. The third-order valence-corrected chi connectivity index (χ3v) is 5.67. The van der Waals surface area contributed by atoms with Crippen LogP contribution >= 0.6 is 0 Å². The maximum absolute atomic E-state index is 12.6. The van der Waals surface area contributed by atoms with Gasteiger partial charge in [-0.1, -0.05) is 0 Å². The van der Waals surface area contributed by atoms with Crippen molar-refractivity contribution < 1.29 is 40.6 Å². The lowest BCUT2D eigenvalue weighted by atomic mass is 10.2. The van der Waals surface area contributed by atoms with Gasteiger partial charge < -0.3 is 5.11 Å². The van der Waals surface area contributed by atoms with E-state index < -0.39 is 53.7 Å². The summed E-state index contributed by atoms with van der Waals surface area (Å²) < 4.78 is 62.3. The lowest BCUT2D eigenvalue weighted by molar-refractivity contribution is -0.130. The molecular weight excluding hydrogens is 456 g/mol.